The molecular formula is C23H32N4O6S. The molecule has 10 nitrogen and oxygen atoms in total. The summed E-state index contributed by atoms with van der Waals surface area (Å²) < 4.78 is 0. The fourth-order valence-corrected chi connectivity index (χ4v) is 7.42. The van der Waals surface area contributed by atoms with E-state index in [1.54, 1.807) is 6.92 Å². The Hall–Kier alpha value is -2.11. The molecule has 5 rings (SSSR count). The monoisotopic (exact) mass is 492 g/mol. The molecule has 0 bridgehead atoms. The van der Waals surface area contributed by atoms with Crippen LogP contribution in [-0.4, -0.2) is 93.2 Å². The molecule has 4 fully saturated rings. The number of aliphatic hydroxyl groups excluding tert-OH is 1. The van der Waals surface area contributed by atoms with Crippen LogP contribution in [0.4, 0.5) is 0 Å². The summed E-state index contributed by atoms with van der Waals surface area (Å²) in [5.41, 5.74) is 0.995. The zero-order valence-electron chi connectivity index (χ0n) is 19.7. The van der Waals surface area contributed by atoms with Crippen LogP contribution < -0.4 is 5.32 Å². The molecule has 1 saturated carbocycles. The van der Waals surface area contributed by atoms with Gasteiger partial charge in [-0.2, -0.15) is 0 Å². The number of nitrogens with zero attached hydrogens (tertiary/aromatic N) is 3. The number of likely N-dealkylation sites (tertiary alicyclic amines) is 1. The van der Waals surface area contributed by atoms with Crippen LogP contribution in [0.1, 0.15) is 40.0 Å². The number of oxime groups is 1. The van der Waals surface area contributed by atoms with Crippen LogP contribution >= 0.6 is 11.8 Å². The Labute approximate surface area is 202 Å². The van der Waals surface area contributed by atoms with Crippen molar-refractivity contribution in [1.82, 2.24) is 15.1 Å². The van der Waals surface area contributed by atoms with Crippen LogP contribution in [0.15, 0.2) is 15.8 Å². The van der Waals surface area contributed by atoms with Crippen LogP contribution in [0, 0.1) is 17.3 Å². The van der Waals surface area contributed by atoms with Gasteiger partial charge in [0.15, 0.2) is 0 Å². The highest BCUT2D eigenvalue weighted by Crippen LogP contribution is 2.53. The van der Waals surface area contributed by atoms with Crippen molar-refractivity contribution < 1.29 is 29.4 Å². The number of aliphatic carboxylic acids is 1. The molecule has 0 aromatic rings. The van der Waals surface area contributed by atoms with E-state index < -0.39 is 18.0 Å². The maximum atomic E-state index is 13.2. The van der Waals surface area contributed by atoms with E-state index in [4.69, 9.17) is 4.84 Å². The summed E-state index contributed by atoms with van der Waals surface area (Å²) >= 11 is 1.46. The molecule has 0 aromatic heterocycles. The largest absolute Gasteiger partial charge is 0.477 e. The SMILES string of the molecule is CCO/N=C1\CN(C(=O)[C@@H]2C[C@H](SC3=C(C(=O)O)N4C(=O)[C@H]([C@@H](C)O)[C@H]4[C@H]3C)CN2)CC12CC2. The maximum Gasteiger partial charge on any atom is 0.353 e. The molecule has 0 aromatic carbocycles. The fraction of sp³-hybridized carbons (Fsp3) is 0.739. The lowest BCUT2D eigenvalue weighted by Crippen LogP contribution is -2.63. The summed E-state index contributed by atoms with van der Waals surface area (Å²) in [5, 5.41) is 27.5. The molecular weight excluding hydrogens is 460 g/mol. The van der Waals surface area contributed by atoms with Gasteiger partial charge in [-0.25, -0.2) is 4.79 Å². The normalized spacial score (nSPS) is 35.7. The molecule has 1 spiro atoms. The zero-order chi connectivity index (χ0) is 24.4. The van der Waals surface area contributed by atoms with Gasteiger partial charge in [-0.15, -0.1) is 11.8 Å². The molecule has 34 heavy (non-hydrogen) atoms. The highest BCUT2D eigenvalue weighted by atomic mass is 32.2. The summed E-state index contributed by atoms with van der Waals surface area (Å²) in [6.07, 6.45) is 1.84. The van der Waals surface area contributed by atoms with Gasteiger partial charge in [-0.1, -0.05) is 12.1 Å². The number of carbonyl (C=O) groups is 3. The summed E-state index contributed by atoms with van der Waals surface area (Å²) in [7, 11) is 0. The smallest absolute Gasteiger partial charge is 0.353 e. The molecule has 186 valence electrons. The minimum atomic E-state index is -1.12. The van der Waals surface area contributed by atoms with Gasteiger partial charge in [0.1, 0.15) is 12.3 Å². The van der Waals surface area contributed by atoms with Crippen molar-refractivity contribution in [2.45, 2.75) is 63.5 Å². The second-order valence-corrected chi connectivity index (χ2v) is 11.5. The molecule has 11 heteroatoms. The lowest BCUT2D eigenvalue weighted by Gasteiger charge is -2.46. The topological polar surface area (TPSA) is 132 Å². The Morgan fingerprint density at radius 1 is 1.38 bits per heavy atom. The predicted octanol–water partition coefficient (Wildman–Crippen LogP) is 0.619. The number of aliphatic hydroxyl groups is 1. The van der Waals surface area contributed by atoms with Gasteiger partial charge in [0.05, 0.1) is 36.4 Å². The molecule has 5 aliphatic rings. The lowest BCUT2D eigenvalue weighted by atomic mass is 9.79. The average Bonchev–Trinajstić information content (AvgIpc) is 3.14. The molecule has 1 aliphatic carbocycles. The number of carbonyl (C=O) groups excluding carboxylic acids is 2. The van der Waals surface area contributed by atoms with Gasteiger partial charge in [0, 0.05) is 34.6 Å². The van der Waals surface area contributed by atoms with E-state index in [9.17, 15) is 24.6 Å². The second-order valence-electron chi connectivity index (χ2n) is 10.1. The number of carboxylic acid groups (broad SMARTS) is 1. The van der Waals surface area contributed by atoms with Gasteiger partial charge in [0.2, 0.25) is 11.8 Å². The van der Waals surface area contributed by atoms with E-state index in [0.29, 0.717) is 37.6 Å². The van der Waals surface area contributed by atoms with E-state index in [1.165, 1.54) is 16.7 Å². The Kier molecular flexibility index (Phi) is 5.92. The molecule has 0 unspecified atom stereocenters. The van der Waals surface area contributed by atoms with Crippen molar-refractivity contribution in [3.8, 4) is 0 Å². The fourth-order valence-electron chi connectivity index (χ4n) is 5.94. The molecule has 4 aliphatic heterocycles. The molecule has 0 radical (unpaired) electrons. The standard InChI is InChI=1S/C23H32N4O6S/c1-4-33-25-15-9-26(10-23(15)5-6-23)20(29)14-7-13(8-24-14)34-19-11(2)17-16(12(3)28)21(30)27(17)18(19)22(31)32/h11-14,16-17,24,28H,4-10H2,1-3H3,(H,31,32)/b25-15+/t11-,12-,13+,14+,16-,17-/m1/s1. The van der Waals surface area contributed by atoms with Gasteiger partial charge in [-0.3, -0.25) is 9.59 Å². The number of amides is 2. The number of fused-ring (bicyclic) bond motifs is 1. The first kappa shape index (κ1) is 23.6. The van der Waals surface area contributed by atoms with Gasteiger partial charge >= 0.3 is 5.97 Å². The van der Waals surface area contributed by atoms with Crippen molar-refractivity contribution in [3.63, 3.8) is 0 Å². The van der Waals surface area contributed by atoms with Crippen molar-refractivity contribution in [3.05, 3.63) is 10.6 Å². The summed E-state index contributed by atoms with van der Waals surface area (Å²) in [5.74, 6) is -2.15. The summed E-state index contributed by atoms with van der Waals surface area (Å²) in [6.45, 7) is 7.65. The van der Waals surface area contributed by atoms with Gasteiger partial charge in [-0.05, 0) is 33.1 Å². The van der Waals surface area contributed by atoms with Crippen LogP contribution in [0.2, 0.25) is 0 Å². The molecule has 3 saturated heterocycles. The van der Waals surface area contributed by atoms with Crippen molar-refractivity contribution in [1.29, 1.82) is 0 Å². The first-order valence-electron chi connectivity index (χ1n) is 12.0. The van der Waals surface area contributed by atoms with E-state index >= 15 is 0 Å². The first-order valence-corrected chi connectivity index (χ1v) is 12.9. The Morgan fingerprint density at radius 2 is 2.12 bits per heavy atom. The molecule has 3 N–H and O–H groups in total. The Bertz CT molecular complexity index is 977. The van der Waals surface area contributed by atoms with Crippen LogP contribution in [0.5, 0.6) is 0 Å². The third-order valence-electron chi connectivity index (χ3n) is 7.91. The van der Waals surface area contributed by atoms with E-state index in [2.05, 4.69) is 10.5 Å². The van der Waals surface area contributed by atoms with E-state index in [1.807, 2.05) is 18.7 Å². The summed E-state index contributed by atoms with van der Waals surface area (Å²) in [4.78, 5) is 47.0. The molecule has 6 atom stereocenters. The highest BCUT2D eigenvalue weighted by molar-refractivity contribution is 8.03. The number of β-lactam (4-membered cyclic amide) rings is 1. The highest BCUT2D eigenvalue weighted by Gasteiger charge is 2.60. The van der Waals surface area contributed by atoms with Crippen LogP contribution in [0.25, 0.3) is 0 Å². The quantitative estimate of drug-likeness (QED) is 0.348. The maximum absolute atomic E-state index is 13.2. The Balaban J connectivity index is 1.25. The second kappa shape index (κ2) is 8.53. The van der Waals surface area contributed by atoms with E-state index in [-0.39, 0.29) is 46.2 Å². The van der Waals surface area contributed by atoms with Gasteiger partial charge < -0.3 is 30.2 Å². The predicted molar refractivity (Wildman–Crippen MR) is 125 cm³/mol. The number of thioether (sulfide) groups is 1. The summed E-state index contributed by atoms with van der Waals surface area (Å²) in [6, 6.07) is -0.649. The minimum Gasteiger partial charge on any atom is -0.477 e. The molecule has 2 amide bonds. The Morgan fingerprint density at radius 3 is 2.74 bits per heavy atom. The van der Waals surface area contributed by atoms with Crippen LogP contribution in [-0.2, 0) is 19.2 Å². The number of hydrogen-bond donors (Lipinski definition) is 3. The van der Waals surface area contributed by atoms with Crippen molar-refractivity contribution in [2.24, 2.45) is 22.4 Å². The van der Waals surface area contributed by atoms with Crippen molar-refractivity contribution >= 4 is 35.3 Å². The molecule has 4 heterocycles. The van der Waals surface area contributed by atoms with Crippen LogP contribution in [0.3, 0.4) is 0 Å². The first-order chi connectivity index (χ1) is 16.2. The van der Waals surface area contributed by atoms with Crippen molar-refractivity contribution in [2.75, 3.05) is 26.2 Å². The number of carboxylic acids is 1. The van der Waals surface area contributed by atoms with Gasteiger partial charge in [0.25, 0.3) is 0 Å². The number of hydrogen-bond acceptors (Lipinski definition) is 8. The van der Waals surface area contributed by atoms with E-state index in [0.717, 1.165) is 18.6 Å². The lowest BCUT2D eigenvalue weighted by molar-refractivity contribution is -0.163. The number of nitrogens with one attached hydrogen (secondary N) is 1. The third-order valence-corrected chi connectivity index (χ3v) is 9.42. The minimum absolute atomic E-state index is 0.00128. The zero-order valence-corrected chi connectivity index (χ0v) is 20.5. The number of rotatable bonds is 7. The average molecular weight is 493 g/mol. The third kappa shape index (κ3) is 3.63.